The van der Waals surface area contributed by atoms with Crippen LogP contribution in [0.3, 0.4) is 0 Å². The standard InChI is InChI=1S/C32H43N5O6/c1-18(2)42-27-15-26(22-12-13-25(41-4)19(3)28(22)35-27)43-21-14-24-29(38)36-32(31(34)40)16-20(32)10-8-6-5-7-9-11-23(33)30(39)37(24)17-21/h8,10,12-13,15,18,20-21,23-24H,5-7,9,11,14,16-17,33H2,1-4H3,(H2,34,40)(H,36,38)/b10-8-/t20-,21-,23+,24+,32-/m1/s1. The Bertz CT molecular complexity index is 1430. The number of amides is 3. The van der Waals surface area contributed by atoms with Crippen molar-refractivity contribution in [3.63, 3.8) is 0 Å². The third-order valence-electron chi connectivity index (χ3n) is 8.71. The zero-order valence-electron chi connectivity index (χ0n) is 25.4. The van der Waals surface area contributed by atoms with Crippen molar-refractivity contribution in [3.8, 4) is 17.4 Å². The molecule has 5 N–H and O–H groups in total. The Morgan fingerprint density at radius 1 is 1.19 bits per heavy atom. The molecule has 11 heteroatoms. The van der Waals surface area contributed by atoms with Crippen LogP contribution in [0.2, 0.25) is 0 Å². The van der Waals surface area contributed by atoms with Crippen molar-refractivity contribution in [2.45, 2.75) is 95.5 Å². The van der Waals surface area contributed by atoms with Crippen molar-refractivity contribution in [1.82, 2.24) is 15.2 Å². The fourth-order valence-electron chi connectivity index (χ4n) is 6.24. The molecule has 5 atom stereocenters. The molecule has 1 saturated carbocycles. The number of methoxy groups -OCH3 is 1. The average molecular weight is 594 g/mol. The summed E-state index contributed by atoms with van der Waals surface area (Å²) in [6.45, 7) is 5.92. The Hall–Kier alpha value is -3.86. The van der Waals surface area contributed by atoms with Crippen LogP contribution in [0.15, 0.2) is 30.4 Å². The van der Waals surface area contributed by atoms with Crippen LogP contribution in [0, 0.1) is 12.8 Å². The quantitative estimate of drug-likeness (QED) is 0.431. The molecule has 2 fully saturated rings. The number of aryl methyl sites for hydroxylation is 1. The molecular formula is C32H43N5O6. The van der Waals surface area contributed by atoms with Gasteiger partial charge in [-0.05, 0) is 58.6 Å². The molecule has 1 aromatic carbocycles. The van der Waals surface area contributed by atoms with E-state index in [1.165, 1.54) is 4.90 Å². The van der Waals surface area contributed by atoms with Gasteiger partial charge in [-0.2, -0.15) is 0 Å². The summed E-state index contributed by atoms with van der Waals surface area (Å²) in [7, 11) is 1.61. The van der Waals surface area contributed by atoms with E-state index in [1.54, 1.807) is 13.2 Å². The number of hydrogen-bond acceptors (Lipinski definition) is 8. The highest BCUT2D eigenvalue weighted by Gasteiger charge is 2.60. The predicted octanol–water partition coefficient (Wildman–Crippen LogP) is 2.90. The maximum atomic E-state index is 13.8. The van der Waals surface area contributed by atoms with Gasteiger partial charge in [0.1, 0.15) is 29.2 Å². The first kappa shape index (κ1) is 30.6. The van der Waals surface area contributed by atoms with Crippen LogP contribution < -0.4 is 31.0 Å². The molecule has 232 valence electrons. The van der Waals surface area contributed by atoms with Gasteiger partial charge >= 0.3 is 0 Å². The van der Waals surface area contributed by atoms with Crippen molar-refractivity contribution in [2.75, 3.05) is 13.7 Å². The number of rotatable bonds is 6. The maximum absolute atomic E-state index is 13.8. The molecule has 0 radical (unpaired) electrons. The number of fused-ring (bicyclic) bond motifs is 3. The van der Waals surface area contributed by atoms with Gasteiger partial charge in [-0.25, -0.2) is 4.98 Å². The Morgan fingerprint density at radius 2 is 1.98 bits per heavy atom. The van der Waals surface area contributed by atoms with Gasteiger partial charge in [0.15, 0.2) is 0 Å². The molecule has 3 heterocycles. The van der Waals surface area contributed by atoms with Gasteiger partial charge in [-0.1, -0.05) is 25.0 Å². The van der Waals surface area contributed by atoms with Crippen molar-refractivity contribution in [3.05, 3.63) is 35.9 Å². The normalized spacial score (nSPS) is 28.7. The highest BCUT2D eigenvalue weighted by molar-refractivity contribution is 5.97. The third kappa shape index (κ3) is 6.27. The van der Waals surface area contributed by atoms with E-state index in [0.717, 1.165) is 36.6 Å². The number of ether oxygens (including phenoxy) is 3. The Balaban J connectivity index is 1.46. The van der Waals surface area contributed by atoms with E-state index in [2.05, 4.69) is 5.32 Å². The number of nitrogens with two attached hydrogens (primary N) is 2. The molecule has 0 spiro atoms. The van der Waals surface area contributed by atoms with Crippen LogP contribution in [-0.4, -0.2) is 71.1 Å². The minimum absolute atomic E-state index is 0.114. The number of benzene rings is 1. The molecule has 1 aromatic heterocycles. The van der Waals surface area contributed by atoms with Gasteiger partial charge in [-0.3, -0.25) is 14.4 Å². The Morgan fingerprint density at radius 3 is 2.70 bits per heavy atom. The summed E-state index contributed by atoms with van der Waals surface area (Å²) in [5.74, 6) is 0.135. The predicted molar refractivity (Wildman–Crippen MR) is 162 cm³/mol. The van der Waals surface area contributed by atoms with Crippen molar-refractivity contribution in [2.24, 2.45) is 17.4 Å². The largest absolute Gasteiger partial charge is 0.496 e. The second-order valence-corrected chi connectivity index (χ2v) is 12.2. The average Bonchev–Trinajstić information content (AvgIpc) is 3.49. The summed E-state index contributed by atoms with van der Waals surface area (Å²) in [4.78, 5) is 46.1. The lowest BCUT2D eigenvalue weighted by Gasteiger charge is -2.28. The number of aromatic nitrogens is 1. The molecule has 0 unspecified atom stereocenters. The Kier molecular flexibility index (Phi) is 8.82. The van der Waals surface area contributed by atoms with Crippen LogP contribution in [0.5, 0.6) is 17.4 Å². The number of pyridine rings is 1. The molecule has 43 heavy (non-hydrogen) atoms. The molecule has 1 saturated heterocycles. The highest BCUT2D eigenvalue weighted by Crippen LogP contribution is 2.45. The van der Waals surface area contributed by atoms with Gasteiger partial charge in [0.05, 0.1) is 31.3 Å². The van der Waals surface area contributed by atoms with Crippen LogP contribution in [0.4, 0.5) is 0 Å². The molecule has 2 aromatic rings. The third-order valence-corrected chi connectivity index (χ3v) is 8.71. The van der Waals surface area contributed by atoms with E-state index in [4.69, 9.17) is 30.7 Å². The number of primary amides is 1. The monoisotopic (exact) mass is 593 g/mol. The van der Waals surface area contributed by atoms with Crippen LogP contribution in [-0.2, 0) is 14.4 Å². The Labute approximate surface area is 252 Å². The number of carbonyl (C=O) groups is 3. The molecule has 3 aliphatic rings. The number of nitrogens with zero attached hydrogens (tertiary/aromatic N) is 2. The lowest BCUT2D eigenvalue weighted by Crippen LogP contribution is -2.56. The second-order valence-electron chi connectivity index (χ2n) is 12.2. The summed E-state index contributed by atoms with van der Waals surface area (Å²) >= 11 is 0. The van der Waals surface area contributed by atoms with Crippen molar-refractivity contribution >= 4 is 28.6 Å². The minimum Gasteiger partial charge on any atom is -0.496 e. The van der Waals surface area contributed by atoms with E-state index < -0.39 is 35.5 Å². The van der Waals surface area contributed by atoms with Crippen LogP contribution >= 0.6 is 0 Å². The fourth-order valence-corrected chi connectivity index (χ4v) is 6.24. The molecular weight excluding hydrogens is 550 g/mol. The van der Waals surface area contributed by atoms with E-state index in [0.29, 0.717) is 35.7 Å². The summed E-state index contributed by atoms with van der Waals surface area (Å²) < 4.78 is 18.0. The zero-order chi connectivity index (χ0) is 30.9. The van der Waals surface area contributed by atoms with Crippen molar-refractivity contribution in [1.29, 1.82) is 0 Å². The maximum Gasteiger partial charge on any atom is 0.243 e. The van der Waals surface area contributed by atoms with Gasteiger partial charge in [0, 0.05) is 29.4 Å². The molecule has 3 amide bonds. The van der Waals surface area contributed by atoms with Gasteiger partial charge in [0.25, 0.3) is 0 Å². The van der Waals surface area contributed by atoms with Gasteiger partial charge in [0.2, 0.25) is 23.6 Å². The summed E-state index contributed by atoms with van der Waals surface area (Å²) in [6, 6.07) is 3.87. The second kappa shape index (κ2) is 12.4. The lowest BCUT2D eigenvalue weighted by atomic mass is 10.1. The zero-order valence-corrected chi connectivity index (χ0v) is 25.4. The van der Waals surface area contributed by atoms with E-state index in [1.807, 2.05) is 45.1 Å². The van der Waals surface area contributed by atoms with E-state index in [-0.39, 0.29) is 30.9 Å². The highest BCUT2D eigenvalue weighted by atomic mass is 16.5. The van der Waals surface area contributed by atoms with Gasteiger partial charge in [-0.15, -0.1) is 0 Å². The fraction of sp³-hybridized carbons (Fsp3) is 0.562. The SMILES string of the molecule is COc1ccc2c(O[C@@H]3C[C@H]4C(=O)N[C@]5(C(N)=O)C[C@H]5/C=C\CCCCC[C@H](N)C(=O)N4C3)cc(OC(C)C)nc2c1C. The molecule has 0 bridgehead atoms. The topological polar surface area (TPSA) is 159 Å². The summed E-state index contributed by atoms with van der Waals surface area (Å²) in [6.07, 6.45) is 8.13. The van der Waals surface area contributed by atoms with Gasteiger partial charge < -0.3 is 35.9 Å². The summed E-state index contributed by atoms with van der Waals surface area (Å²) in [5.41, 5.74) is 12.5. The first-order chi connectivity index (χ1) is 20.5. The van der Waals surface area contributed by atoms with E-state index >= 15 is 0 Å². The molecule has 1 aliphatic carbocycles. The number of hydrogen-bond donors (Lipinski definition) is 3. The molecule has 11 nitrogen and oxygen atoms in total. The first-order valence-electron chi connectivity index (χ1n) is 15.2. The number of carbonyl (C=O) groups excluding carboxylic acids is 3. The van der Waals surface area contributed by atoms with Crippen LogP contribution in [0.25, 0.3) is 10.9 Å². The summed E-state index contributed by atoms with van der Waals surface area (Å²) in [5, 5.41) is 3.67. The van der Waals surface area contributed by atoms with Crippen LogP contribution in [0.1, 0.15) is 64.4 Å². The number of allylic oxidation sites excluding steroid dienone is 1. The number of nitrogens with one attached hydrogen (secondary N) is 1. The molecule has 5 rings (SSSR count). The first-order valence-corrected chi connectivity index (χ1v) is 15.2. The van der Waals surface area contributed by atoms with Crippen molar-refractivity contribution < 1.29 is 28.6 Å². The minimum atomic E-state index is -1.15. The van der Waals surface area contributed by atoms with E-state index in [9.17, 15) is 14.4 Å². The molecule has 2 aliphatic heterocycles. The smallest absolute Gasteiger partial charge is 0.243 e. The lowest BCUT2D eigenvalue weighted by molar-refractivity contribution is -0.140.